The minimum absolute atomic E-state index is 0.145. The molecule has 2 fully saturated rings. The highest BCUT2D eigenvalue weighted by atomic mass is 19.3. The first-order valence-corrected chi connectivity index (χ1v) is 10.2. The maximum absolute atomic E-state index is 12.3. The number of amides is 1. The van der Waals surface area contributed by atoms with E-state index in [4.69, 9.17) is 0 Å². The lowest BCUT2D eigenvalue weighted by Gasteiger charge is -2.42. The van der Waals surface area contributed by atoms with E-state index in [0.717, 1.165) is 58.3 Å². The molecule has 1 amide bonds. The molecule has 1 atom stereocenters. The van der Waals surface area contributed by atoms with Crippen molar-refractivity contribution < 1.29 is 13.6 Å². The standard InChI is InChI=1S/C21H31F2N3O/c22-20(23)15-24-21(27)18-7-4-11-26(16-18)19-9-13-25(14-10-19)12-8-17-5-2-1-3-6-17/h1-3,5-6,18-20H,4,7-16H2,(H,24,27)/t18-/m0/s1. The summed E-state index contributed by atoms with van der Waals surface area (Å²) in [6.07, 6.45) is 2.64. The molecule has 0 unspecified atom stereocenters. The van der Waals surface area contributed by atoms with Crippen molar-refractivity contribution in [2.45, 2.75) is 44.6 Å². The van der Waals surface area contributed by atoms with E-state index in [1.54, 1.807) is 0 Å². The first kappa shape index (κ1) is 20.2. The van der Waals surface area contributed by atoms with Crippen molar-refractivity contribution in [3.63, 3.8) is 0 Å². The number of hydrogen-bond acceptors (Lipinski definition) is 3. The van der Waals surface area contributed by atoms with E-state index in [1.165, 1.54) is 5.56 Å². The van der Waals surface area contributed by atoms with Crippen LogP contribution in [0.1, 0.15) is 31.2 Å². The second-order valence-corrected chi connectivity index (χ2v) is 7.78. The summed E-state index contributed by atoms with van der Waals surface area (Å²) in [7, 11) is 0. The quantitative estimate of drug-likeness (QED) is 0.791. The molecule has 0 aromatic heterocycles. The van der Waals surface area contributed by atoms with Crippen molar-refractivity contribution in [2.75, 3.05) is 39.3 Å². The van der Waals surface area contributed by atoms with E-state index in [0.29, 0.717) is 12.6 Å². The van der Waals surface area contributed by atoms with Crippen LogP contribution in [0.2, 0.25) is 0 Å². The van der Waals surface area contributed by atoms with Gasteiger partial charge in [-0.2, -0.15) is 0 Å². The third-order valence-corrected chi connectivity index (χ3v) is 5.89. The summed E-state index contributed by atoms with van der Waals surface area (Å²) in [5, 5.41) is 2.39. The first-order chi connectivity index (χ1) is 13.1. The van der Waals surface area contributed by atoms with Crippen LogP contribution in [0, 0.1) is 5.92 Å². The molecule has 0 bridgehead atoms. The molecule has 1 N–H and O–H groups in total. The van der Waals surface area contributed by atoms with Gasteiger partial charge in [-0.15, -0.1) is 0 Å². The summed E-state index contributed by atoms with van der Waals surface area (Å²) in [4.78, 5) is 17.1. The van der Waals surface area contributed by atoms with Gasteiger partial charge in [0.05, 0.1) is 12.5 Å². The Kier molecular flexibility index (Phi) is 7.59. The molecule has 27 heavy (non-hydrogen) atoms. The summed E-state index contributed by atoms with van der Waals surface area (Å²) < 4.78 is 24.6. The average Bonchev–Trinajstić information content (AvgIpc) is 2.71. The highest BCUT2D eigenvalue weighted by Gasteiger charge is 2.31. The predicted octanol–water partition coefficient (Wildman–Crippen LogP) is 2.79. The monoisotopic (exact) mass is 379 g/mol. The number of likely N-dealkylation sites (tertiary alicyclic amines) is 2. The van der Waals surface area contributed by atoms with E-state index in [1.807, 2.05) is 0 Å². The highest BCUT2D eigenvalue weighted by Crippen LogP contribution is 2.24. The maximum Gasteiger partial charge on any atom is 0.255 e. The van der Waals surface area contributed by atoms with E-state index in [-0.39, 0.29) is 11.8 Å². The molecule has 2 aliphatic heterocycles. The Balaban J connectivity index is 1.40. The maximum atomic E-state index is 12.3. The van der Waals surface area contributed by atoms with Gasteiger partial charge in [-0.3, -0.25) is 9.69 Å². The second-order valence-electron chi connectivity index (χ2n) is 7.78. The van der Waals surface area contributed by atoms with Gasteiger partial charge < -0.3 is 10.2 Å². The summed E-state index contributed by atoms with van der Waals surface area (Å²) in [6.45, 7) is 4.48. The molecule has 2 saturated heterocycles. The smallest absolute Gasteiger partial charge is 0.255 e. The molecule has 150 valence electrons. The fourth-order valence-corrected chi connectivity index (χ4v) is 4.31. The van der Waals surface area contributed by atoms with Gasteiger partial charge in [0.1, 0.15) is 0 Å². The van der Waals surface area contributed by atoms with Crippen molar-refractivity contribution in [3.8, 4) is 0 Å². The molecule has 1 aromatic rings. The van der Waals surface area contributed by atoms with E-state index in [9.17, 15) is 13.6 Å². The summed E-state index contributed by atoms with van der Waals surface area (Å²) in [5.74, 6) is -0.353. The van der Waals surface area contributed by atoms with E-state index < -0.39 is 13.0 Å². The van der Waals surface area contributed by atoms with E-state index in [2.05, 4.69) is 45.4 Å². The van der Waals surface area contributed by atoms with Crippen LogP contribution < -0.4 is 5.32 Å². The number of nitrogens with one attached hydrogen (secondary N) is 1. The fourth-order valence-electron chi connectivity index (χ4n) is 4.31. The summed E-state index contributed by atoms with van der Waals surface area (Å²) in [6, 6.07) is 11.1. The number of carbonyl (C=O) groups excluding carboxylic acids is 1. The number of benzene rings is 1. The second kappa shape index (κ2) is 10.1. The number of carbonyl (C=O) groups is 1. The van der Waals surface area contributed by atoms with Crippen LogP contribution >= 0.6 is 0 Å². The number of hydrogen-bond donors (Lipinski definition) is 1. The number of nitrogens with zero attached hydrogens (tertiary/aromatic N) is 2. The topological polar surface area (TPSA) is 35.6 Å². The zero-order valence-electron chi connectivity index (χ0n) is 16.0. The largest absolute Gasteiger partial charge is 0.350 e. The molecule has 0 spiro atoms. The highest BCUT2D eigenvalue weighted by molar-refractivity contribution is 5.78. The van der Waals surface area contributed by atoms with Crippen LogP contribution in [-0.4, -0.2) is 67.4 Å². The molecule has 4 nitrogen and oxygen atoms in total. The Labute approximate surface area is 160 Å². The van der Waals surface area contributed by atoms with Gasteiger partial charge in [-0.25, -0.2) is 8.78 Å². The Morgan fingerprint density at radius 2 is 1.85 bits per heavy atom. The van der Waals surface area contributed by atoms with Crippen LogP contribution in [-0.2, 0) is 11.2 Å². The lowest BCUT2D eigenvalue weighted by atomic mass is 9.93. The molecule has 0 radical (unpaired) electrons. The predicted molar refractivity (Wildman–Crippen MR) is 103 cm³/mol. The van der Waals surface area contributed by atoms with Gasteiger partial charge in [0, 0.05) is 19.1 Å². The third kappa shape index (κ3) is 6.25. The molecule has 0 saturated carbocycles. The molecule has 6 heteroatoms. The summed E-state index contributed by atoms with van der Waals surface area (Å²) in [5.41, 5.74) is 1.38. The normalized spacial score (nSPS) is 22.9. The van der Waals surface area contributed by atoms with Crippen LogP contribution in [0.3, 0.4) is 0 Å². The van der Waals surface area contributed by atoms with Crippen molar-refractivity contribution in [3.05, 3.63) is 35.9 Å². The number of alkyl halides is 2. The summed E-state index contributed by atoms with van der Waals surface area (Å²) >= 11 is 0. The fraction of sp³-hybridized carbons (Fsp3) is 0.667. The Morgan fingerprint density at radius 1 is 1.11 bits per heavy atom. The van der Waals surface area contributed by atoms with Crippen LogP contribution in [0.4, 0.5) is 8.78 Å². The molecule has 3 rings (SSSR count). The minimum atomic E-state index is -2.48. The Bertz CT molecular complexity index is 576. The molecular weight excluding hydrogens is 348 g/mol. The van der Waals surface area contributed by atoms with Crippen molar-refractivity contribution >= 4 is 5.91 Å². The number of rotatable bonds is 7. The Morgan fingerprint density at radius 3 is 2.56 bits per heavy atom. The molecular formula is C21H31F2N3O. The Hall–Kier alpha value is -1.53. The number of piperidine rings is 2. The van der Waals surface area contributed by atoms with Gasteiger partial charge in [-0.05, 0) is 57.3 Å². The molecule has 2 aliphatic rings. The van der Waals surface area contributed by atoms with Crippen LogP contribution in [0.5, 0.6) is 0 Å². The van der Waals surface area contributed by atoms with Crippen LogP contribution in [0.25, 0.3) is 0 Å². The molecule has 0 aliphatic carbocycles. The minimum Gasteiger partial charge on any atom is -0.350 e. The van der Waals surface area contributed by atoms with Crippen molar-refractivity contribution in [1.29, 1.82) is 0 Å². The van der Waals surface area contributed by atoms with Gasteiger partial charge in [0.2, 0.25) is 5.91 Å². The zero-order valence-corrected chi connectivity index (χ0v) is 16.0. The van der Waals surface area contributed by atoms with Crippen molar-refractivity contribution in [2.24, 2.45) is 5.92 Å². The third-order valence-electron chi connectivity index (χ3n) is 5.89. The van der Waals surface area contributed by atoms with Gasteiger partial charge in [0.15, 0.2) is 0 Å². The average molecular weight is 379 g/mol. The van der Waals surface area contributed by atoms with Crippen molar-refractivity contribution in [1.82, 2.24) is 15.1 Å². The van der Waals surface area contributed by atoms with Gasteiger partial charge >= 0.3 is 0 Å². The zero-order chi connectivity index (χ0) is 19.1. The lowest BCUT2D eigenvalue weighted by Crippen LogP contribution is -2.51. The SMILES string of the molecule is O=C(NCC(F)F)[C@H]1CCCN(C2CCN(CCc3ccccc3)CC2)C1. The van der Waals surface area contributed by atoms with E-state index >= 15 is 0 Å². The van der Waals surface area contributed by atoms with Gasteiger partial charge in [-0.1, -0.05) is 30.3 Å². The number of halogens is 2. The van der Waals surface area contributed by atoms with Crippen LogP contribution in [0.15, 0.2) is 30.3 Å². The van der Waals surface area contributed by atoms with Gasteiger partial charge in [0.25, 0.3) is 6.43 Å². The molecule has 2 heterocycles. The molecule has 1 aromatic carbocycles. The first-order valence-electron chi connectivity index (χ1n) is 10.2. The lowest BCUT2D eigenvalue weighted by molar-refractivity contribution is -0.127.